The molecule has 0 atom stereocenters. The van der Waals surface area contributed by atoms with Crippen molar-refractivity contribution in [3.05, 3.63) is 62.3 Å². The number of H-pyrrole nitrogens is 1. The Kier molecular flexibility index (Phi) is 3.85. The highest BCUT2D eigenvalue weighted by molar-refractivity contribution is 6.30. The van der Waals surface area contributed by atoms with Crippen LogP contribution in [-0.2, 0) is 12.6 Å². The van der Waals surface area contributed by atoms with Crippen molar-refractivity contribution in [2.75, 3.05) is 0 Å². The molecule has 3 nitrogen and oxygen atoms in total. The van der Waals surface area contributed by atoms with Crippen LogP contribution >= 0.6 is 11.6 Å². The van der Waals surface area contributed by atoms with Crippen LogP contribution in [0.25, 0.3) is 0 Å². The smallest absolute Gasteiger partial charge is 0.311 e. The molecule has 0 aliphatic heterocycles. The van der Waals surface area contributed by atoms with Crippen molar-refractivity contribution in [1.82, 2.24) is 9.97 Å². The molecule has 0 radical (unpaired) electrons. The minimum atomic E-state index is -4.67. The Morgan fingerprint density at radius 3 is 2.65 bits per heavy atom. The maximum absolute atomic E-state index is 12.9. The lowest BCUT2D eigenvalue weighted by Crippen LogP contribution is -2.24. The molecule has 20 heavy (non-hydrogen) atoms. The molecular weight excluding hydrogens is 293 g/mol. The van der Waals surface area contributed by atoms with Gasteiger partial charge in [-0.15, -0.1) is 0 Å². The van der Waals surface area contributed by atoms with E-state index in [4.69, 9.17) is 11.6 Å². The van der Waals surface area contributed by atoms with E-state index in [1.807, 2.05) is 0 Å². The van der Waals surface area contributed by atoms with Crippen LogP contribution < -0.4 is 5.56 Å². The molecule has 0 saturated heterocycles. The van der Waals surface area contributed by atoms with Gasteiger partial charge in [-0.05, 0) is 24.6 Å². The number of nitrogens with one attached hydrogen (secondary N) is 1. The number of hydrogen-bond acceptors (Lipinski definition) is 2. The molecule has 1 aromatic carbocycles. The third-order valence-electron chi connectivity index (χ3n) is 2.67. The Hall–Kier alpha value is -1.82. The summed E-state index contributed by atoms with van der Waals surface area (Å²) in [5.74, 6) is -0.0721. The summed E-state index contributed by atoms with van der Waals surface area (Å²) in [5.41, 5.74) is -1.84. The molecule has 1 aromatic heterocycles. The second-order valence-corrected chi connectivity index (χ2v) is 4.72. The summed E-state index contributed by atoms with van der Waals surface area (Å²) in [7, 11) is 0. The van der Waals surface area contributed by atoms with E-state index < -0.39 is 23.0 Å². The predicted octanol–water partition coefficient (Wildman–Crippen LogP) is 3.34. The number of nitrogens with zero attached hydrogens (tertiary/aromatic N) is 1. The maximum Gasteiger partial charge on any atom is 0.433 e. The summed E-state index contributed by atoms with van der Waals surface area (Å²) < 4.78 is 38.8. The molecule has 1 heterocycles. The minimum Gasteiger partial charge on any atom is -0.311 e. The third-order valence-corrected chi connectivity index (χ3v) is 2.91. The van der Waals surface area contributed by atoms with Crippen LogP contribution in [0.2, 0.25) is 5.02 Å². The highest BCUT2D eigenvalue weighted by Crippen LogP contribution is 2.30. The van der Waals surface area contributed by atoms with Gasteiger partial charge in [-0.3, -0.25) is 4.79 Å². The second-order valence-electron chi connectivity index (χ2n) is 4.28. The quantitative estimate of drug-likeness (QED) is 0.925. The lowest BCUT2D eigenvalue weighted by Gasteiger charge is -2.12. The Labute approximate surface area is 117 Å². The van der Waals surface area contributed by atoms with E-state index in [9.17, 15) is 18.0 Å². The SMILES string of the molecule is Cc1nc(C(F)(F)F)c(Cc2cccc(Cl)c2)c(=O)[nH]1. The average Bonchev–Trinajstić information content (AvgIpc) is 2.31. The van der Waals surface area contributed by atoms with Gasteiger partial charge in [-0.1, -0.05) is 23.7 Å². The fourth-order valence-electron chi connectivity index (χ4n) is 1.86. The van der Waals surface area contributed by atoms with Crippen LogP contribution in [0.15, 0.2) is 29.1 Å². The van der Waals surface area contributed by atoms with Crippen molar-refractivity contribution in [2.24, 2.45) is 0 Å². The molecule has 106 valence electrons. The van der Waals surface area contributed by atoms with Crippen molar-refractivity contribution in [3.8, 4) is 0 Å². The van der Waals surface area contributed by atoms with Gasteiger partial charge in [0.05, 0.1) is 5.56 Å². The third kappa shape index (κ3) is 3.19. The zero-order chi connectivity index (χ0) is 14.9. The van der Waals surface area contributed by atoms with Gasteiger partial charge in [0.2, 0.25) is 0 Å². The van der Waals surface area contributed by atoms with Crippen LogP contribution in [0.1, 0.15) is 22.6 Å². The molecule has 7 heteroatoms. The van der Waals surface area contributed by atoms with Crippen molar-refractivity contribution >= 4 is 11.6 Å². The Morgan fingerprint density at radius 1 is 1.35 bits per heavy atom. The lowest BCUT2D eigenvalue weighted by molar-refractivity contribution is -0.142. The topological polar surface area (TPSA) is 45.8 Å². The molecule has 2 rings (SSSR count). The first-order valence-corrected chi connectivity index (χ1v) is 6.06. The molecule has 2 aromatic rings. The summed E-state index contributed by atoms with van der Waals surface area (Å²) in [6, 6.07) is 6.33. The first-order valence-electron chi connectivity index (χ1n) is 5.69. The van der Waals surface area contributed by atoms with Gasteiger partial charge in [0.1, 0.15) is 5.82 Å². The molecule has 0 unspecified atom stereocenters. The molecule has 0 bridgehead atoms. The molecule has 0 fully saturated rings. The highest BCUT2D eigenvalue weighted by atomic mass is 35.5. The van der Waals surface area contributed by atoms with Crippen LogP contribution in [0.5, 0.6) is 0 Å². The van der Waals surface area contributed by atoms with Crippen molar-refractivity contribution in [2.45, 2.75) is 19.5 Å². The van der Waals surface area contributed by atoms with Gasteiger partial charge in [-0.25, -0.2) is 4.98 Å². The van der Waals surface area contributed by atoms with E-state index in [2.05, 4.69) is 9.97 Å². The fourth-order valence-corrected chi connectivity index (χ4v) is 2.07. The molecule has 0 spiro atoms. The van der Waals surface area contributed by atoms with Crippen LogP contribution in [0.4, 0.5) is 13.2 Å². The Morgan fingerprint density at radius 2 is 2.05 bits per heavy atom. The monoisotopic (exact) mass is 302 g/mol. The van der Waals surface area contributed by atoms with Crippen molar-refractivity contribution in [3.63, 3.8) is 0 Å². The fraction of sp³-hybridized carbons (Fsp3) is 0.231. The average molecular weight is 303 g/mol. The summed E-state index contributed by atoms with van der Waals surface area (Å²) in [6.07, 6.45) is -4.86. The molecule has 0 aliphatic rings. The van der Waals surface area contributed by atoms with E-state index in [0.29, 0.717) is 10.6 Å². The first-order chi connectivity index (χ1) is 9.27. The summed E-state index contributed by atoms with van der Waals surface area (Å²) >= 11 is 5.78. The number of alkyl halides is 3. The number of halogens is 4. The molecule has 0 amide bonds. The van der Waals surface area contributed by atoms with E-state index in [0.717, 1.165) is 0 Å². The normalized spacial score (nSPS) is 11.7. The number of aromatic amines is 1. The number of rotatable bonds is 2. The number of aromatic nitrogens is 2. The number of aryl methyl sites for hydroxylation is 1. The van der Waals surface area contributed by atoms with E-state index in [-0.39, 0.29) is 12.2 Å². The van der Waals surface area contributed by atoms with Gasteiger partial charge in [0, 0.05) is 11.4 Å². The van der Waals surface area contributed by atoms with Crippen molar-refractivity contribution < 1.29 is 13.2 Å². The van der Waals surface area contributed by atoms with Gasteiger partial charge in [0.15, 0.2) is 5.69 Å². The number of benzene rings is 1. The summed E-state index contributed by atoms with van der Waals surface area (Å²) in [5, 5.41) is 0.396. The van der Waals surface area contributed by atoms with Crippen LogP contribution in [-0.4, -0.2) is 9.97 Å². The predicted molar refractivity (Wildman–Crippen MR) is 68.9 cm³/mol. The standard InChI is InChI=1S/C13H10ClF3N2O/c1-7-18-11(13(15,16)17)10(12(20)19-7)6-8-3-2-4-9(14)5-8/h2-5H,6H2,1H3,(H,18,19,20). The Bertz CT molecular complexity index is 695. The largest absolute Gasteiger partial charge is 0.433 e. The first kappa shape index (κ1) is 14.6. The summed E-state index contributed by atoms with van der Waals surface area (Å²) in [4.78, 5) is 17.5. The molecular formula is C13H10ClF3N2O. The number of hydrogen-bond donors (Lipinski definition) is 1. The maximum atomic E-state index is 12.9. The zero-order valence-corrected chi connectivity index (χ0v) is 11.1. The summed E-state index contributed by atoms with van der Waals surface area (Å²) in [6.45, 7) is 1.31. The Balaban J connectivity index is 2.54. The van der Waals surface area contributed by atoms with Gasteiger partial charge in [0.25, 0.3) is 5.56 Å². The molecule has 1 N–H and O–H groups in total. The second kappa shape index (κ2) is 5.28. The highest BCUT2D eigenvalue weighted by Gasteiger charge is 2.36. The van der Waals surface area contributed by atoms with E-state index in [1.54, 1.807) is 18.2 Å². The van der Waals surface area contributed by atoms with Crippen LogP contribution in [0.3, 0.4) is 0 Å². The van der Waals surface area contributed by atoms with Gasteiger partial charge in [-0.2, -0.15) is 13.2 Å². The van der Waals surface area contributed by atoms with E-state index >= 15 is 0 Å². The minimum absolute atomic E-state index is 0.0721. The van der Waals surface area contributed by atoms with E-state index in [1.165, 1.54) is 13.0 Å². The van der Waals surface area contributed by atoms with Gasteiger partial charge >= 0.3 is 6.18 Å². The van der Waals surface area contributed by atoms with Crippen LogP contribution in [0, 0.1) is 6.92 Å². The van der Waals surface area contributed by atoms with Crippen molar-refractivity contribution in [1.29, 1.82) is 0 Å². The zero-order valence-electron chi connectivity index (χ0n) is 10.4. The lowest BCUT2D eigenvalue weighted by atomic mass is 10.0. The molecule has 0 saturated carbocycles. The molecule has 0 aliphatic carbocycles. The van der Waals surface area contributed by atoms with Gasteiger partial charge < -0.3 is 4.98 Å².